The van der Waals surface area contributed by atoms with Crippen LogP contribution in [0.5, 0.6) is 11.5 Å². The average Bonchev–Trinajstić information content (AvgIpc) is 3.22. The lowest BCUT2D eigenvalue weighted by Gasteiger charge is -2.21. The first-order valence-electron chi connectivity index (χ1n) is 6.94. The van der Waals surface area contributed by atoms with Crippen molar-refractivity contribution in [1.82, 2.24) is 10.2 Å². The average molecular weight is 322 g/mol. The monoisotopic (exact) mass is 322 g/mol. The van der Waals surface area contributed by atoms with E-state index in [0.717, 1.165) is 30.1 Å². The highest BCUT2D eigenvalue weighted by atomic mass is 32.2. The molecule has 0 amide bonds. The van der Waals surface area contributed by atoms with E-state index < -0.39 is 0 Å². The van der Waals surface area contributed by atoms with Gasteiger partial charge in [-0.2, -0.15) is 0 Å². The molecule has 1 aromatic heterocycles. The summed E-state index contributed by atoms with van der Waals surface area (Å²) >= 11 is 1.49. The minimum absolute atomic E-state index is 0.166. The number of hydrogen-bond acceptors (Lipinski definition) is 8. The predicted octanol–water partition coefficient (Wildman–Crippen LogP) is 2.32. The molecule has 0 aliphatic carbocycles. The molecule has 0 N–H and O–H groups in total. The Morgan fingerprint density at radius 2 is 2.09 bits per heavy atom. The van der Waals surface area contributed by atoms with Gasteiger partial charge in [-0.1, -0.05) is 11.8 Å². The van der Waals surface area contributed by atoms with Gasteiger partial charge in [-0.15, -0.1) is 10.2 Å². The highest BCUT2D eigenvalue weighted by Gasteiger charge is 2.19. The zero-order chi connectivity index (χ0) is 14.8. The molecule has 0 bridgehead atoms. The highest BCUT2D eigenvalue weighted by molar-refractivity contribution is 7.99. The Morgan fingerprint density at radius 3 is 3.00 bits per heavy atom. The molecule has 0 spiro atoms. The molecule has 116 valence electrons. The van der Waals surface area contributed by atoms with Gasteiger partial charge in [-0.25, -0.2) is 0 Å². The minimum atomic E-state index is 0.166. The van der Waals surface area contributed by atoms with E-state index in [1.54, 1.807) is 0 Å². The maximum absolute atomic E-state index is 5.68. The summed E-state index contributed by atoms with van der Waals surface area (Å²) in [6.07, 6.45) is 1.05. The van der Waals surface area contributed by atoms with Crippen LogP contribution in [-0.2, 0) is 9.47 Å². The van der Waals surface area contributed by atoms with E-state index in [4.69, 9.17) is 23.4 Å². The largest absolute Gasteiger partial charge is 0.454 e. The van der Waals surface area contributed by atoms with Gasteiger partial charge in [0, 0.05) is 11.3 Å². The maximum Gasteiger partial charge on any atom is 0.276 e. The van der Waals surface area contributed by atoms with Gasteiger partial charge in [-0.05, 0) is 24.6 Å². The molecule has 0 unspecified atom stereocenters. The van der Waals surface area contributed by atoms with Crippen LogP contribution >= 0.6 is 11.8 Å². The van der Waals surface area contributed by atoms with Crippen molar-refractivity contribution in [1.29, 1.82) is 0 Å². The summed E-state index contributed by atoms with van der Waals surface area (Å²) in [6, 6.07) is 5.55. The fraction of sp³-hybridized carbons (Fsp3) is 0.429. The highest BCUT2D eigenvalue weighted by Crippen LogP contribution is 2.36. The summed E-state index contributed by atoms with van der Waals surface area (Å²) in [7, 11) is 0. The molecule has 1 atom stereocenters. The number of hydrogen-bond donors (Lipinski definition) is 0. The molecule has 7 nitrogen and oxygen atoms in total. The van der Waals surface area contributed by atoms with Crippen LogP contribution < -0.4 is 9.47 Å². The van der Waals surface area contributed by atoms with Crippen LogP contribution in [-0.4, -0.2) is 42.2 Å². The van der Waals surface area contributed by atoms with Gasteiger partial charge in [0.15, 0.2) is 11.5 Å². The summed E-state index contributed by atoms with van der Waals surface area (Å²) in [5.41, 5.74) is 0.811. The number of ether oxygens (including phenoxy) is 4. The second-order valence-corrected chi connectivity index (χ2v) is 5.83. The molecule has 1 fully saturated rings. The molecule has 3 heterocycles. The number of thioether (sulfide) groups is 1. The lowest BCUT2D eigenvalue weighted by molar-refractivity contribution is -0.130. The molecule has 4 rings (SSSR count). The Bertz CT molecular complexity index is 656. The molecule has 0 radical (unpaired) electrons. The number of aromatic nitrogens is 2. The molecule has 8 heteroatoms. The first-order chi connectivity index (χ1) is 10.9. The van der Waals surface area contributed by atoms with Gasteiger partial charge in [0.2, 0.25) is 12.7 Å². The van der Waals surface area contributed by atoms with E-state index in [-0.39, 0.29) is 12.9 Å². The molecule has 22 heavy (non-hydrogen) atoms. The van der Waals surface area contributed by atoms with Gasteiger partial charge < -0.3 is 23.4 Å². The van der Waals surface area contributed by atoms with E-state index in [9.17, 15) is 0 Å². The Labute approximate surface area is 130 Å². The van der Waals surface area contributed by atoms with E-state index in [1.165, 1.54) is 11.8 Å². The second kappa shape index (κ2) is 6.15. The summed E-state index contributed by atoms with van der Waals surface area (Å²) < 4.78 is 26.9. The fourth-order valence-corrected chi connectivity index (χ4v) is 3.04. The van der Waals surface area contributed by atoms with Gasteiger partial charge >= 0.3 is 0 Å². The van der Waals surface area contributed by atoms with Crippen LogP contribution in [0.4, 0.5) is 0 Å². The second-order valence-electron chi connectivity index (χ2n) is 4.86. The van der Waals surface area contributed by atoms with Gasteiger partial charge in [0.05, 0.1) is 12.7 Å². The lowest BCUT2D eigenvalue weighted by atomic mass is 10.2. The van der Waals surface area contributed by atoms with Crippen LogP contribution in [0.1, 0.15) is 6.42 Å². The maximum atomic E-state index is 5.68. The van der Waals surface area contributed by atoms with Crippen molar-refractivity contribution >= 4 is 11.8 Å². The summed E-state index contributed by atoms with van der Waals surface area (Å²) in [5.74, 6) is 2.66. The van der Waals surface area contributed by atoms with E-state index >= 15 is 0 Å². The van der Waals surface area contributed by atoms with E-state index in [0.29, 0.717) is 23.7 Å². The van der Waals surface area contributed by atoms with Crippen molar-refractivity contribution in [3.05, 3.63) is 18.2 Å². The quantitative estimate of drug-likeness (QED) is 0.794. The standard InChI is InChI=1S/C14H14N2O5S/c1-2-11-12(20-8-19-11)5-9(1)13-15-16-14(21-13)22-6-10-3-4-17-7-18-10/h1-2,5,10H,3-4,6-8H2/t10-/m1/s1. The third kappa shape index (κ3) is 2.90. The van der Waals surface area contributed by atoms with Gasteiger partial charge in [0.25, 0.3) is 5.22 Å². The number of nitrogens with zero attached hydrogens (tertiary/aromatic N) is 2. The third-order valence-electron chi connectivity index (χ3n) is 3.39. The third-order valence-corrected chi connectivity index (χ3v) is 4.34. The first-order valence-corrected chi connectivity index (χ1v) is 7.93. The van der Waals surface area contributed by atoms with Crippen LogP contribution in [0.3, 0.4) is 0 Å². The Kier molecular flexibility index (Phi) is 3.88. The normalized spacial score (nSPS) is 20.3. The van der Waals surface area contributed by atoms with E-state index in [2.05, 4.69) is 10.2 Å². The minimum Gasteiger partial charge on any atom is -0.454 e. The Balaban J connectivity index is 1.42. The topological polar surface area (TPSA) is 75.8 Å². The fourth-order valence-electron chi connectivity index (χ4n) is 2.21. The zero-order valence-corrected chi connectivity index (χ0v) is 12.5. The SMILES string of the molecule is c1cc2c(cc1-c1nnc(SC[C@H]3CCOCO3)o1)OCO2. The summed E-state index contributed by atoms with van der Waals surface area (Å²) in [5, 5.41) is 8.66. The van der Waals surface area contributed by atoms with Crippen molar-refractivity contribution in [3.63, 3.8) is 0 Å². The van der Waals surface area contributed by atoms with Crippen LogP contribution in [0.25, 0.3) is 11.5 Å². The Hall–Kier alpha value is -1.77. The van der Waals surface area contributed by atoms with Crippen LogP contribution in [0.15, 0.2) is 27.8 Å². The van der Waals surface area contributed by atoms with Gasteiger partial charge in [-0.3, -0.25) is 0 Å². The predicted molar refractivity (Wildman–Crippen MR) is 76.9 cm³/mol. The molecule has 1 aromatic carbocycles. The number of rotatable bonds is 4. The van der Waals surface area contributed by atoms with Crippen molar-refractivity contribution in [2.75, 3.05) is 25.9 Å². The molecule has 2 aliphatic heterocycles. The van der Waals surface area contributed by atoms with E-state index in [1.807, 2.05) is 18.2 Å². The van der Waals surface area contributed by atoms with Crippen LogP contribution in [0, 0.1) is 0 Å². The van der Waals surface area contributed by atoms with Crippen molar-refractivity contribution < 1.29 is 23.4 Å². The summed E-state index contributed by atoms with van der Waals surface area (Å²) in [4.78, 5) is 0. The van der Waals surface area contributed by atoms with Crippen molar-refractivity contribution in [3.8, 4) is 23.0 Å². The smallest absolute Gasteiger partial charge is 0.276 e. The zero-order valence-electron chi connectivity index (χ0n) is 11.7. The lowest BCUT2D eigenvalue weighted by Crippen LogP contribution is -2.25. The molecule has 0 saturated carbocycles. The van der Waals surface area contributed by atoms with Gasteiger partial charge in [0.1, 0.15) is 6.79 Å². The number of fused-ring (bicyclic) bond motifs is 1. The molecular formula is C14H14N2O5S. The number of benzene rings is 1. The van der Waals surface area contributed by atoms with Crippen LogP contribution in [0.2, 0.25) is 0 Å². The molecular weight excluding hydrogens is 308 g/mol. The van der Waals surface area contributed by atoms with Crippen molar-refractivity contribution in [2.45, 2.75) is 17.7 Å². The molecule has 2 aliphatic rings. The molecule has 1 saturated heterocycles. The Morgan fingerprint density at radius 1 is 1.14 bits per heavy atom. The van der Waals surface area contributed by atoms with Crippen molar-refractivity contribution in [2.24, 2.45) is 0 Å². The summed E-state index contributed by atoms with van der Waals surface area (Å²) in [6.45, 7) is 1.34. The molecule has 2 aromatic rings. The first kappa shape index (κ1) is 13.9.